The number of fused-ring (bicyclic) bond motifs is 1. The van der Waals surface area contributed by atoms with Crippen LogP contribution in [0.4, 0.5) is 0 Å². The molecule has 2 aromatic rings. The molecule has 1 aliphatic heterocycles. The summed E-state index contributed by atoms with van der Waals surface area (Å²) in [7, 11) is 1.51. The molecule has 2 aromatic carbocycles. The van der Waals surface area contributed by atoms with Gasteiger partial charge in [-0.15, -0.1) is 0 Å². The molecule has 3 nitrogen and oxygen atoms in total. The molecule has 0 radical (unpaired) electrons. The van der Waals surface area contributed by atoms with Crippen molar-refractivity contribution in [3.63, 3.8) is 0 Å². The number of nitrogens with zero attached hydrogens (tertiary/aromatic N) is 1. The highest BCUT2D eigenvalue weighted by atomic mass is 32.2. The summed E-state index contributed by atoms with van der Waals surface area (Å²) in [5.41, 5.74) is 2.18. The first-order valence-electron chi connectivity index (χ1n) is 6.27. The second-order valence-corrected chi connectivity index (χ2v) is 5.94. The summed E-state index contributed by atoms with van der Waals surface area (Å²) in [5, 5.41) is 0. The molecular formula is C16H13NO2S. The highest BCUT2D eigenvalue weighted by Gasteiger charge is 2.32. The Hall–Kier alpha value is -2.07. The summed E-state index contributed by atoms with van der Waals surface area (Å²) in [4.78, 5) is 27.0. The van der Waals surface area contributed by atoms with Crippen molar-refractivity contribution in [1.82, 2.24) is 4.90 Å². The molecule has 0 aromatic heterocycles. The van der Waals surface area contributed by atoms with Crippen molar-refractivity contribution in [2.24, 2.45) is 0 Å². The van der Waals surface area contributed by atoms with Crippen LogP contribution in [0.1, 0.15) is 26.3 Å². The van der Waals surface area contributed by atoms with Crippen LogP contribution in [0.2, 0.25) is 0 Å². The van der Waals surface area contributed by atoms with Gasteiger partial charge in [0, 0.05) is 16.8 Å². The van der Waals surface area contributed by atoms with E-state index in [0.29, 0.717) is 11.1 Å². The van der Waals surface area contributed by atoms with E-state index in [2.05, 4.69) is 6.07 Å². The van der Waals surface area contributed by atoms with Crippen molar-refractivity contribution in [3.05, 3.63) is 59.2 Å². The Kier molecular flexibility index (Phi) is 3.10. The molecule has 0 saturated carbocycles. The van der Waals surface area contributed by atoms with Crippen LogP contribution in [-0.4, -0.2) is 23.8 Å². The summed E-state index contributed by atoms with van der Waals surface area (Å²) in [6, 6.07) is 13.6. The van der Waals surface area contributed by atoms with Crippen molar-refractivity contribution in [3.8, 4) is 0 Å². The molecule has 0 N–H and O–H groups in total. The van der Waals surface area contributed by atoms with Gasteiger partial charge in [0.1, 0.15) is 0 Å². The summed E-state index contributed by atoms with van der Waals surface area (Å²) >= 11 is 1.59. The van der Waals surface area contributed by atoms with Crippen molar-refractivity contribution in [1.29, 1.82) is 0 Å². The lowest BCUT2D eigenvalue weighted by atomic mass is 10.1. The van der Waals surface area contributed by atoms with Gasteiger partial charge in [-0.25, -0.2) is 0 Å². The molecule has 0 fully saturated rings. The van der Waals surface area contributed by atoms with E-state index in [1.165, 1.54) is 12.6 Å². The van der Waals surface area contributed by atoms with E-state index in [1.807, 2.05) is 31.2 Å². The van der Waals surface area contributed by atoms with Crippen LogP contribution >= 0.6 is 11.8 Å². The maximum absolute atomic E-state index is 12.0. The molecule has 0 spiro atoms. The van der Waals surface area contributed by atoms with Crippen molar-refractivity contribution in [2.75, 3.05) is 7.05 Å². The zero-order valence-corrected chi connectivity index (χ0v) is 12.0. The third kappa shape index (κ3) is 2.12. The molecule has 2 amide bonds. The number of benzene rings is 2. The fourth-order valence-corrected chi connectivity index (χ4v) is 3.20. The van der Waals surface area contributed by atoms with Gasteiger partial charge in [-0.1, -0.05) is 29.5 Å². The molecule has 0 saturated heterocycles. The standard InChI is InChI=1S/C16H13NO2S/c1-10-4-3-5-11(8-10)20-12-6-7-13-14(9-12)16(19)17(2)15(13)18/h3-9H,1-2H3. The van der Waals surface area contributed by atoms with Crippen molar-refractivity contribution < 1.29 is 9.59 Å². The molecule has 3 rings (SSSR count). The SMILES string of the molecule is Cc1cccc(Sc2ccc3c(c2)C(=O)N(C)C3=O)c1. The van der Waals surface area contributed by atoms with Gasteiger partial charge in [0.2, 0.25) is 0 Å². The lowest BCUT2D eigenvalue weighted by Gasteiger charge is -2.04. The zero-order chi connectivity index (χ0) is 14.3. The topological polar surface area (TPSA) is 37.4 Å². The number of hydrogen-bond acceptors (Lipinski definition) is 3. The van der Waals surface area contributed by atoms with E-state index >= 15 is 0 Å². The van der Waals surface area contributed by atoms with Gasteiger partial charge in [-0.2, -0.15) is 0 Å². The number of carbonyl (C=O) groups excluding carboxylic acids is 2. The van der Waals surface area contributed by atoms with Gasteiger partial charge in [0.15, 0.2) is 0 Å². The number of aryl methyl sites for hydroxylation is 1. The van der Waals surface area contributed by atoms with Crippen LogP contribution in [-0.2, 0) is 0 Å². The first-order chi connectivity index (χ1) is 9.56. The molecule has 20 heavy (non-hydrogen) atoms. The Morgan fingerprint density at radius 3 is 2.35 bits per heavy atom. The van der Waals surface area contributed by atoms with Crippen LogP contribution in [0.5, 0.6) is 0 Å². The third-order valence-electron chi connectivity index (χ3n) is 3.29. The molecule has 0 bridgehead atoms. The first kappa shape index (κ1) is 12.9. The molecule has 1 heterocycles. The van der Waals surface area contributed by atoms with Crippen LogP contribution in [0.3, 0.4) is 0 Å². The molecule has 1 aliphatic rings. The lowest BCUT2D eigenvalue weighted by Crippen LogP contribution is -2.24. The Bertz CT molecular complexity index is 724. The van der Waals surface area contributed by atoms with E-state index in [-0.39, 0.29) is 11.8 Å². The van der Waals surface area contributed by atoms with E-state index in [0.717, 1.165) is 14.7 Å². The number of carbonyl (C=O) groups is 2. The first-order valence-corrected chi connectivity index (χ1v) is 7.09. The predicted molar refractivity (Wildman–Crippen MR) is 78.2 cm³/mol. The molecule has 4 heteroatoms. The summed E-state index contributed by atoms with van der Waals surface area (Å²) in [5.74, 6) is -0.450. The average Bonchev–Trinajstić information content (AvgIpc) is 2.64. The second-order valence-electron chi connectivity index (χ2n) is 4.80. The fraction of sp³-hybridized carbons (Fsp3) is 0.125. The van der Waals surface area contributed by atoms with Gasteiger partial charge >= 0.3 is 0 Å². The second kappa shape index (κ2) is 4.80. The monoisotopic (exact) mass is 283 g/mol. The van der Waals surface area contributed by atoms with Crippen LogP contribution in [0, 0.1) is 6.92 Å². The fourth-order valence-electron chi connectivity index (χ4n) is 2.22. The molecular weight excluding hydrogens is 270 g/mol. The van der Waals surface area contributed by atoms with Gasteiger partial charge in [0.05, 0.1) is 11.1 Å². The molecule has 0 aliphatic carbocycles. The van der Waals surface area contributed by atoms with Gasteiger partial charge in [-0.3, -0.25) is 14.5 Å². The van der Waals surface area contributed by atoms with Gasteiger partial charge < -0.3 is 0 Å². The number of rotatable bonds is 2. The number of amides is 2. The van der Waals surface area contributed by atoms with Gasteiger partial charge in [0.25, 0.3) is 11.8 Å². The molecule has 0 atom stereocenters. The Labute approximate surface area is 121 Å². The maximum atomic E-state index is 12.0. The van der Waals surface area contributed by atoms with Crippen molar-refractivity contribution in [2.45, 2.75) is 16.7 Å². The van der Waals surface area contributed by atoms with E-state index in [1.54, 1.807) is 23.9 Å². The average molecular weight is 283 g/mol. The quantitative estimate of drug-likeness (QED) is 0.793. The number of hydrogen-bond donors (Lipinski definition) is 0. The number of imide groups is 1. The van der Waals surface area contributed by atoms with E-state index in [9.17, 15) is 9.59 Å². The van der Waals surface area contributed by atoms with Gasteiger partial charge in [-0.05, 0) is 37.3 Å². The lowest BCUT2D eigenvalue weighted by molar-refractivity contribution is 0.0693. The summed E-state index contributed by atoms with van der Waals surface area (Å²) in [6.45, 7) is 2.05. The Balaban J connectivity index is 1.95. The van der Waals surface area contributed by atoms with Crippen LogP contribution < -0.4 is 0 Å². The van der Waals surface area contributed by atoms with Crippen molar-refractivity contribution >= 4 is 23.6 Å². The Morgan fingerprint density at radius 1 is 0.900 bits per heavy atom. The highest BCUT2D eigenvalue weighted by molar-refractivity contribution is 7.99. The summed E-state index contributed by atoms with van der Waals surface area (Å²) in [6.07, 6.45) is 0. The maximum Gasteiger partial charge on any atom is 0.261 e. The minimum absolute atomic E-state index is 0.225. The van der Waals surface area contributed by atoms with Crippen LogP contribution in [0.25, 0.3) is 0 Å². The minimum atomic E-state index is -0.225. The van der Waals surface area contributed by atoms with Crippen LogP contribution in [0.15, 0.2) is 52.3 Å². The Morgan fingerprint density at radius 2 is 1.60 bits per heavy atom. The normalized spacial score (nSPS) is 13.8. The summed E-state index contributed by atoms with van der Waals surface area (Å²) < 4.78 is 0. The minimum Gasteiger partial charge on any atom is -0.277 e. The largest absolute Gasteiger partial charge is 0.277 e. The van der Waals surface area contributed by atoms with E-state index in [4.69, 9.17) is 0 Å². The predicted octanol–water partition coefficient (Wildman–Crippen LogP) is 3.37. The highest BCUT2D eigenvalue weighted by Crippen LogP contribution is 2.32. The zero-order valence-electron chi connectivity index (χ0n) is 11.2. The third-order valence-corrected chi connectivity index (χ3v) is 4.27. The van der Waals surface area contributed by atoms with E-state index < -0.39 is 0 Å². The molecule has 0 unspecified atom stereocenters. The smallest absolute Gasteiger partial charge is 0.261 e. The molecule has 100 valence electrons.